The van der Waals surface area contributed by atoms with Gasteiger partial charge in [0.05, 0.1) is 23.1 Å². The molecule has 0 radical (unpaired) electrons. The Bertz CT molecular complexity index is 946. The average Bonchev–Trinajstić information content (AvgIpc) is 2.73. The summed E-state index contributed by atoms with van der Waals surface area (Å²) in [6.45, 7) is 3.11. The van der Waals surface area contributed by atoms with E-state index >= 15 is 0 Å². The van der Waals surface area contributed by atoms with Gasteiger partial charge in [-0.1, -0.05) is 42.5 Å². The molecule has 1 N–H and O–H groups in total. The number of hydrogen-bond acceptors (Lipinski definition) is 4. The molecule has 0 bridgehead atoms. The Morgan fingerprint density at radius 3 is 2.48 bits per heavy atom. The van der Waals surface area contributed by atoms with Crippen LogP contribution in [0.25, 0.3) is 0 Å². The Labute approximate surface area is 158 Å². The Hall–Kier alpha value is -3.65. The fourth-order valence-electron chi connectivity index (χ4n) is 2.73. The standard InChI is InChI=1S/C22H20N4O/c1-2-26(16-17-8-4-3-5-9-17)22(27)21-13-12-19(15-24-21)25-20-11-7-6-10-18(20)14-23/h3-13,15,25H,2,16H2,1H3. The number of amides is 1. The van der Waals surface area contributed by atoms with E-state index in [-0.39, 0.29) is 5.91 Å². The summed E-state index contributed by atoms with van der Waals surface area (Å²) in [4.78, 5) is 18.8. The van der Waals surface area contributed by atoms with Gasteiger partial charge in [-0.15, -0.1) is 0 Å². The first-order valence-electron chi connectivity index (χ1n) is 8.76. The molecule has 0 saturated carbocycles. The summed E-state index contributed by atoms with van der Waals surface area (Å²) in [5.74, 6) is -0.106. The second-order valence-corrected chi connectivity index (χ2v) is 6.02. The third-order valence-electron chi connectivity index (χ3n) is 4.19. The molecule has 3 rings (SSSR count). The first-order valence-corrected chi connectivity index (χ1v) is 8.76. The molecule has 0 aliphatic carbocycles. The van der Waals surface area contributed by atoms with E-state index in [1.54, 1.807) is 29.3 Å². The maximum atomic E-state index is 12.8. The minimum atomic E-state index is -0.106. The normalized spacial score (nSPS) is 10.1. The second-order valence-electron chi connectivity index (χ2n) is 6.02. The van der Waals surface area contributed by atoms with E-state index in [0.717, 1.165) is 11.3 Å². The Balaban J connectivity index is 1.72. The van der Waals surface area contributed by atoms with Crippen LogP contribution in [0.3, 0.4) is 0 Å². The summed E-state index contributed by atoms with van der Waals surface area (Å²) in [5.41, 5.74) is 3.46. The fraction of sp³-hybridized carbons (Fsp3) is 0.136. The maximum Gasteiger partial charge on any atom is 0.272 e. The minimum Gasteiger partial charge on any atom is -0.353 e. The third-order valence-corrected chi connectivity index (χ3v) is 4.19. The number of hydrogen-bond donors (Lipinski definition) is 1. The number of para-hydroxylation sites is 1. The molecule has 1 aromatic heterocycles. The molecule has 0 fully saturated rings. The highest BCUT2D eigenvalue weighted by atomic mass is 16.2. The molecule has 1 amide bonds. The first-order chi connectivity index (χ1) is 13.2. The lowest BCUT2D eigenvalue weighted by molar-refractivity contribution is 0.0746. The van der Waals surface area contributed by atoms with Crippen molar-refractivity contribution in [2.24, 2.45) is 0 Å². The van der Waals surface area contributed by atoms with Gasteiger partial charge in [-0.25, -0.2) is 4.98 Å². The summed E-state index contributed by atoms with van der Waals surface area (Å²) < 4.78 is 0. The van der Waals surface area contributed by atoms with E-state index in [2.05, 4.69) is 16.4 Å². The van der Waals surface area contributed by atoms with E-state index in [4.69, 9.17) is 5.26 Å². The second kappa shape index (κ2) is 8.63. The number of rotatable bonds is 6. The van der Waals surface area contributed by atoms with Crippen LogP contribution in [0.2, 0.25) is 0 Å². The van der Waals surface area contributed by atoms with Crippen LogP contribution in [0.1, 0.15) is 28.5 Å². The zero-order valence-corrected chi connectivity index (χ0v) is 15.1. The highest BCUT2D eigenvalue weighted by molar-refractivity contribution is 5.92. The average molecular weight is 356 g/mol. The number of nitriles is 1. The summed E-state index contributed by atoms with van der Waals surface area (Å²) in [6.07, 6.45) is 1.61. The number of nitrogens with zero attached hydrogens (tertiary/aromatic N) is 3. The third kappa shape index (κ3) is 4.50. The van der Waals surface area contributed by atoms with Gasteiger partial charge in [0.2, 0.25) is 0 Å². The van der Waals surface area contributed by atoms with Gasteiger partial charge < -0.3 is 10.2 Å². The lowest BCUT2D eigenvalue weighted by Crippen LogP contribution is -2.30. The van der Waals surface area contributed by atoms with Gasteiger partial charge in [0.15, 0.2) is 0 Å². The van der Waals surface area contributed by atoms with Crippen LogP contribution in [0.15, 0.2) is 72.9 Å². The van der Waals surface area contributed by atoms with Gasteiger partial charge in [-0.05, 0) is 36.8 Å². The van der Waals surface area contributed by atoms with Crippen LogP contribution in [-0.2, 0) is 6.54 Å². The van der Waals surface area contributed by atoms with Crippen molar-refractivity contribution < 1.29 is 4.79 Å². The predicted octanol–water partition coefficient (Wildman–Crippen LogP) is 4.36. The molecule has 27 heavy (non-hydrogen) atoms. The summed E-state index contributed by atoms with van der Waals surface area (Å²) in [7, 11) is 0. The molecule has 5 heteroatoms. The van der Waals surface area contributed by atoms with Crippen molar-refractivity contribution in [1.29, 1.82) is 5.26 Å². The number of pyridine rings is 1. The van der Waals surface area contributed by atoms with Gasteiger partial charge in [-0.2, -0.15) is 5.26 Å². The van der Waals surface area contributed by atoms with E-state index < -0.39 is 0 Å². The molecule has 0 atom stereocenters. The molecule has 0 aliphatic heterocycles. The minimum absolute atomic E-state index is 0.106. The smallest absolute Gasteiger partial charge is 0.272 e. The lowest BCUT2D eigenvalue weighted by Gasteiger charge is -2.20. The predicted molar refractivity (Wildman–Crippen MR) is 106 cm³/mol. The van der Waals surface area contributed by atoms with Crippen molar-refractivity contribution in [3.05, 3.63) is 89.7 Å². The van der Waals surface area contributed by atoms with E-state index in [1.165, 1.54) is 0 Å². The van der Waals surface area contributed by atoms with Gasteiger partial charge in [-0.3, -0.25) is 4.79 Å². The van der Waals surface area contributed by atoms with Crippen molar-refractivity contribution in [2.75, 3.05) is 11.9 Å². The molecule has 0 aliphatic rings. The largest absolute Gasteiger partial charge is 0.353 e. The molecular weight excluding hydrogens is 336 g/mol. The molecule has 1 heterocycles. The summed E-state index contributed by atoms with van der Waals surface area (Å²) >= 11 is 0. The molecule has 5 nitrogen and oxygen atoms in total. The van der Waals surface area contributed by atoms with Crippen LogP contribution in [-0.4, -0.2) is 22.3 Å². The Morgan fingerprint density at radius 1 is 1.07 bits per heavy atom. The van der Waals surface area contributed by atoms with Crippen LogP contribution in [0.5, 0.6) is 0 Å². The van der Waals surface area contributed by atoms with Gasteiger partial charge >= 0.3 is 0 Å². The zero-order chi connectivity index (χ0) is 19.1. The number of anilines is 2. The number of benzene rings is 2. The quantitative estimate of drug-likeness (QED) is 0.712. The van der Waals surface area contributed by atoms with Crippen LogP contribution < -0.4 is 5.32 Å². The molecule has 134 valence electrons. The molecular formula is C22H20N4O. The topological polar surface area (TPSA) is 69.0 Å². The molecule has 0 unspecified atom stereocenters. The number of carbonyl (C=O) groups is 1. The van der Waals surface area contributed by atoms with Gasteiger partial charge in [0, 0.05) is 13.1 Å². The van der Waals surface area contributed by atoms with Crippen LogP contribution in [0.4, 0.5) is 11.4 Å². The molecule has 0 spiro atoms. The first kappa shape index (κ1) is 18.2. The number of nitrogens with one attached hydrogen (secondary N) is 1. The monoisotopic (exact) mass is 356 g/mol. The van der Waals surface area contributed by atoms with Crippen LogP contribution >= 0.6 is 0 Å². The molecule has 2 aromatic carbocycles. The van der Waals surface area contributed by atoms with Gasteiger partial charge in [0.25, 0.3) is 5.91 Å². The van der Waals surface area contributed by atoms with E-state index in [0.29, 0.717) is 30.0 Å². The molecule has 0 saturated heterocycles. The summed E-state index contributed by atoms with van der Waals surface area (Å²) in [5, 5.41) is 12.3. The maximum absolute atomic E-state index is 12.8. The summed E-state index contributed by atoms with van der Waals surface area (Å²) in [6, 6.07) is 22.8. The van der Waals surface area contributed by atoms with E-state index in [1.807, 2.05) is 55.5 Å². The number of aromatic nitrogens is 1. The highest BCUT2D eigenvalue weighted by Gasteiger charge is 2.16. The Morgan fingerprint density at radius 2 is 1.81 bits per heavy atom. The van der Waals surface area contributed by atoms with Crippen LogP contribution in [0, 0.1) is 11.3 Å². The highest BCUT2D eigenvalue weighted by Crippen LogP contribution is 2.20. The van der Waals surface area contributed by atoms with Gasteiger partial charge in [0.1, 0.15) is 11.8 Å². The van der Waals surface area contributed by atoms with Crippen molar-refractivity contribution in [2.45, 2.75) is 13.5 Å². The lowest BCUT2D eigenvalue weighted by atomic mass is 10.2. The molecule has 3 aromatic rings. The van der Waals surface area contributed by atoms with E-state index in [9.17, 15) is 4.79 Å². The van der Waals surface area contributed by atoms with Crippen molar-refractivity contribution in [3.8, 4) is 6.07 Å². The van der Waals surface area contributed by atoms with Crippen molar-refractivity contribution in [3.63, 3.8) is 0 Å². The fourth-order valence-corrected chi connectivity index (χ4v) is 2.73. The SMILES string of the molecule is CCN(Cc1ccccc1)C(=O)c1ccc(Nc2ccccc2C#N)cn1. The number of carbonyl (C=O) groups excluding carboxylic acids is 1. The Kier molecular flexibility index (Phi) is 5.80. The van der Waals surface area contributed by atoms with Crippen molar-refractivity contribution in [1.82, 2.24) is 9.88 Å². The van der Waals surface area contributed by atoms with Crippen molar-refractivity contribution >= 4 is 17.3 Å². The zero-order valence-electron chi connectivity index (χ0n) is 15.1.